The number of amides is 3. The number of imide groups is 1. The molecular weight excluding hydrogens is 392 g/mol. The Labute approximate surface area is 170 Å². The van der Waals surface area contributed by atoms with Crippen molar-refractivity contribution in [1.29, 1.82) is 0 Å². The number of nitrogens with one attached hydrogen (secondary N) is 1. The van der Waals surface area contributed by atoms with Crippen LogP contribution >= 0.6 is 23.1 Å². The second-order valence-corrected chi connectivity index (χ2v) is 8.10. The number of thioether (sulfide) groups is 1. The van der Waals surface area contributed by atoms with E-state index in [1.807, 2.05) is 53.9 Å². The van der Waals surface area contributed by atoms with E-state index < -0.39 is 0 Å². The second-order valence-electron chi connectivity index (χ2n) is 6.13. The van der Waals surface area contributed by atoms with Crippen molar-refractivity contribution in [2.45, 2.75) is 0 Å². The topological polar surface area (TPSA) is 66.5 Å². The van der Waals surface area contributed by atoms with Gasteiger partial charge in [-0.1, -0.05) is 42.5 Å². The molecule has 140 valence electrons. The van der Waals surface area contributed by atoms with Crippen molar-refractivity contribution >= 4 is 57.0 Å². The Morgan fingerprint density at radius 3 is 2.68 bits per heavy atom. The lowest BCUT2D eigenvalue weighted by Gasteiger charge is -2.13. The number of nitrogens with zero attached hydrogens (tertiary/aromatic N) is 1. The van der Waals surface area contributed by atoms with Crippen molar-refractivity contribution in [2.75, 3.05) is 13.1 Å². The maximum absolute atomic E-state index is 12.6. The van der Waals surface area contributed by atoms with E-state index in [0.717, 1.165) is 27.4 Å². The van der Waals surface area contributed by atoms with Gasteiger partial charge in [0.2, 0.25) is 0 Å². The molecule has 4 rings (SSSR count). The van der Waals surface area contributed by atoms with Gasteiger partial charge >= 0.3 is 0 Å². The van der Waals surface area contributed by atoms with Gasteiger partial charge in [0.15, 0.2) is 0 Å². The number of benzene rings is 2. The molecule has 1 aromatic heterocycles. The van der Waals surface area contributed by atoms with Gasteiger partial charge in [-0.2, -0.15) is 0 Å². The van der Waals surface area contributed by atoms with Crippen molar-refractivity contribution in [2.24, 2.45) is 0 Å². The molecule has 5 nitrogen and oxygen atoms in total. The molecule has 2 heterocycles. The number of hydrogen-bond acceptors (Lipinski definition) is 5. The smallest absolute Gasteiger partial charge is 0.293 e. The van der Waals surface area contributed by atoms with Gasteiger partial charge in [-0.15, -0.1) is 11.3 Å². The third-order valence-electron chi connectivity index (χ3n) is 4.35. The fourth-order valence-corrected chi connectivity index (χ4v) is 4.58. The van der Waals surface area contributed by atoms with Gasteiger partial charge in [-0.25, -0.2) is 0 Å². The van der Waals surface area contributed by atoms with Crippen LogP contribution in [0.3, 0.4) is 0 Å². The SMILES string of the molecule is O=C(NCCN1C(=O)S/C(=C\c2cccs2)C1=O)c1cccc2ccccc12. The first kappa shape index (κ1) is 18.5. The molecule has 7 heteroatoms. The fourth-order valence-electron chi connectivity index (χ4n) is 3.00. The lowest BCUT2D eigenvalue weighted by Crippen LogP contribution is -2.37. The molecule has 0 bridgehead atoms. The summed E-state index contributed by atoms with van der Waals surface area (Å²) in [6.45, 7) is 0.343. The molecule has 3 aromatic rings. The zero-order chi connectivity index (χ0) is 19.5. The lowest BCUT2D eigenvalue weighted by molar-refractivity contribution is -0.122. The van der Waals surface area contributed by atoms with Gasteiger partial charge in [-0.3, -0.25) is 19.3 Å². The number of hydrogen-bond donors (Lipinski definition) is 1. The van der Waals surface area contributed by atoms with Crippen LogP contribution in [-0.2, 0) is 4.79 Å². The van der Waals surface area contributed by atoms with Crippen molar-refractivity contribution in [3.05, 3.63) is 75.3 Å². The Kier molecular flexibility index (Phi) is 5.27. The van der Waals surface area contributed by atoms with Crippen LogP contribution in [-0.4, -0.2) is 35.0 Å². The van der Waals surface area contributed by atoms with Gasteiger partial charge in [0.25, 0.3) is 17.1 Å². The Morgan fingerprint density at radius 2 is 1.86 bits per heavy atom. The highest BCUT2D eigenvalue weighted by molar-refractivity contribution is 8.18. The van der Waals surface area contributed by atoms with Gasteiger partial charge in [0.1, 0.15) is 0 Å². The van der Waals surface area contributed by atoms with E-state index in [1.54, 1.807) is 12.1 Å². The molecule has 2 aromatic carbocycles. The van der Waals surface area contributed by atoms with E-state index in [-0.39, 0.29) is 30.1 Å². The maximum atomic E-state index is 12.6. The summed E-state index contributed by atoms with van der Waals surface area (Å²) in [5, 5.41) is 6.26. The Morgan fingerprint density at radius 1 is 1.04 bits per heavy atom. The van der Waals surface area contributed by atoms with Gasteiger partial charge in [0, 0.05) is 23.5 Å². The molecule has 0 spiro atoms. The summed E-state index contributed by atoms with van der Waals surface area (Å²) in [5.74, 6) is -0.541. The lowest BCUT2D eigenvalue weighted by atomic mass is 10.0. The maximum Gasteiger partial charge on any atom is 0.293 e. The largest absolute Gasteiger partial charge is 0.350 e. The Balaban J connectivity index is 1.40. The van der Waals surface area contributed by atoms with Crippen LogP contribution in [0.1, 0.15) is 15.2 Å². The van der Waals surface area contributed by atoms with Crippen LogP contribution in [0.4, 0.5) is 4.79 Å². The molecular formula is C21H16N2O3S2. The summed E-state index contributed by atoms with van der Waals surface area (Å²) in [6, 6.07) is 17.0. The number of carbonyl (C=O) groups excluding carboxylic acids is 3. The molecule has 0 saturated carbocycles. The van der Waals surface area contributed by atoms with Crippen LogP contribution in [0.5, 0.6) is 0 Å². The molecule has 1 aliphatic heterocycles. The predicted molar refractivity (Wildman–Crippen MR) is 113 cm³/mol. The summed E-state index contributed by atoms with van der Waals surface area (Å²) in [5.41, 5.74) is 0.574. The van der Waals surface area contributed by atoms with Crippen molar-refractivity contribution in [3.8, 4) is 0 Å². The first-order valence-electron chi connectivity index (χ1n) is 8.68. The summed E-state index contributed by atoms with van der Waals surface area (Å²) < 4.78 is 0. The molecule has 1 fully saturated rings. The van der Waals surface area contributed by atoms with Crippen LogP contribution in [0.25, 0.3) is 16.8 Å². The first-order chi connectivity index (χ1) is 13.6. The van der Waals surface area contributed by atoms with E-state index in [2.05, 4.69) is 5.32 Å². The third-order valence-corrected chi connectivity index (χ3v) is 6.07. The molecule has 0 atom stereocenters. The molecule has 0 radical (unpaired) electrons. The summed E-state index contributed by atoms with van der Waals surface area (Å²) >= 11 is 2.44. The molecule has 1 saturated heterocycles. The normalized spacial score (nSPS) is 15.6. The molecule has 3 amide bonds. The van der Waals surface area contributed by atoms with Crippen molar-refractivity contribution in [1.82, 2.24) is 10.2 Å². The Bertz CT molecular complexity index is 1080. The van der Waals surface area contributed by atoms with Crippen LogP contribution in [0, 0.1) is 0 Å². The van der Waals surface area contributed by atoms with Gasteiger partial charge < -0.3 is 5.32 Å². The zero-order valence-electron chi connectivity index (χ0n) is 14.8. The van der Waals surface area contributed by atoms with E-state index in [4.69, 9.17) is 0 Å². The molecule has 1 N–H and O–H groups in total. The third kappa shape index (κ3) is 3.72. The van der Waals surface area contributed by atoms with Crippen LogP contribution in [0.2, 0.25) is 0 Å². The van der Waals surface area contributed by atoms with Crippen LogP contribution in [0.15, 0.2) is 64.9 Å². The minimum Gasteiger partial charge on any atom is -0.350 e. The minimum atomic E-state index is -0.317. The van der Waals surface area contributed by atoms with Crippen molar-refractivity contribution in [3.63, 3.8) is 0 Å². The monoisotopic (exact) mass is 408 g/mol. The summed E-state index contributed by atoms with van der Waals surface area (Å²) in [6.07, 6.45) is 1.73. The second kappa shape index (κ2) is 8.00. The number of fused-ring (bicyclic) bond motifs is 1. The van der Waals surface area contributed by atoms with E-state index in [1.165, 1.54) is 16.2 Å². The molecule has 1 aliphatic rings. The number of carbonyl (C=O) groups is 3. The van der Waals surface area contributed by atoms with Crippen LogP contribution < -0.4 is 5.32 Å². The van der Waals surface area contributed by atoms with Gasteiger partial charge in [-0.05, 0) is 46.1 Å². The van der Waals surface area contributed by atoms with E-state index in [0.29, 0.717) is 10.5 Å². The quantitative estimate of drug-likeness (QED) is 0.637. The number of rotatable bonds is 5. The number of thiophene rings is 1. The summed E-state index contributed by atoms with van der Waals surface area (Å²) in [7, 11) is 0. The highest BCUT2D eigenvalue weighted by Crippen LogP contribution is 2.32. The van der Waals surface area contributed by atoms with E-state index >= 15 is 0 Å². The molecule has 0 aliphatic carbocycles. The molecule has 28 heavy (non-hydrogen) atoms. The highest BCUT2D eigenvalue weighted by Gasteiger charge is 2.34. The van der Waals surface area contributed by atoms with E-state index in [9.17, 15) is 14.4 Å². The predicted octanol–water partition coefficient (Wildman–Crippen LogP) is 4.37. The standard InChI is InChI=1S/C21H16N2O3S2/c24-19(17-9-3-6-14-5-1-2-8-16(14)17)22-10-11-23-20(25)18(28-21(23)26)13-15-7-4-12-27-15/h1-9,12-13H,10-11H2,(H,22,24)/b18-13-. The Hall–Kier alpha value is -2.90. The highest BCUT2D eigenvalue weighted by atomic mass is 32.2. The minimum absolute atomic E-state index is 0.142. The fraction of sp³-hybridized carbons (Fsp3) is 0.0952. The average Bonchev–Trinajstić information content (AvgIpc) is 3.31. The summed E-state index contributed by atoms with van der Waals surface area (Å²) in [4.78, 5) is 39.7. The molecule has 0 unspecified atom stereocenters. The van der Waals surface area contributed by atoms with Crippen molar-refractivity contribution < 1.29 is 14.4 Å². The van der Waals surface area contributed by atoms with Gasteiger partial charge in [0.05, 0.1) is 4.91 Å². The average molecular weight is 409 g/mol. The zero-order valence-corrected chi connectivity index (χ0v) is 16.4. The first-order valence-corrected chi connectivity index (χ1v) is 10.4.